The fraction of sp³-hybridized carbons (Fsp3) is 0.524. The van der Waals surface area contributed by atoms with Gasteiger partial charge in [-0.1, -0.05) is 11.3 Å². The number of carbonyl (C=O) groups excluding carboxylic acids is 1. The summed E-state index contributed by atoms with van der Waals surface area (Å²) in [5.74, 6) is 1.05. The van der Waals surface area contributed by atoms with E-state index >= 15 is 0 Å². The van der Waals surface area contributed by atoms with Gasteiger partial charge in [-0.25, -0.2) is 4.98 Å². The number of furan rings is 1. The number of hydrogen-bond acceptors (Lipinski definition) is 8. The highest BCUT2D eigenvalue weighted by atomic mass is 32.1. The number of nitrogens with one attached hydrogen (secondary N) is 2. The fourth-order valence-corrected chi connectivity index (χ4v) is 4.78. The third-order valence-corrected chi connectivity index (χ3v) is 6.79. The van der Waals surface area contributed by atoms with Gasteiger partial charge in [0, 0.05) is 38.1 Å². The Morgan fingerprint density at radius 1 is 1.42 bits per heavy atom. The van der Waals surface area contributed by atoms with Gasteiger partial charge in [0.25, 0.3) is 5.56 Å². The van der Waals surface area contributed by atoms with Crippen molar-refractivity contribution in [1.29, 1.82) is 0 Å². The zero-order valence-electron chi connectivity index (χ0n) is 17.8. The molecule has 2 N–H and O–H groups in total. The summed E-state index contributed by atoms with van der Waals surface area (Å²) >= 11 is 1.36. The number of hydrogen-bond donors (Lipinski definition) is 2. The maximum Gasteiger partial charge on any atom is 0.270 e. The van der Waals surface area contributed by atoms with Gasteiger partial charge in [0.2, 0.25) is 5.91 Å². The summed E-state index contributed by atoms with van der Waals surface area (Å²) in [5.41, 5.74) is 0.318. The van der Waals surface area contributed by atoms with Crippen molar-refractivity contribution in [2.45, 2.75) is 39.3 Å². The molecule has 0 aliphatic carbocycles. The van der Waals surface area contributed by atoms with Crippen molar-refractivity contribution in [3.63, 3.8) is 0 Å². The average Bonchev–Trinajstić information content (AvgIpc) is 3.43. The minimum Gasteiger partial charge on any atom is -0.468 e. The van der Waals surface area contributed by atoms with E-state index in [1.165, 1.54) is 17.7 Å². The van der Waals surface area contributed by atoms with Crippen LogP contribution in [0.4, 0.5) is 5.13 Å². The zero-order valence-corrected chi connectivity index (χ0v) is 18.7. The van der Waals surface area contributed by atoms with Crippen LogP contribution in [-0.4, -0.2) is 58.0 Å². The van der Waals surface area contributed by atoms with Gasteiger partial charge in [-0.05, 0) is 38.8 Å². The lowest BCUT2D eigenvalue weighted by Gasteiger charge is -2.31. The van der Waals surface area contributed by atoms with E-state index in [0.717, 1.165) is 49.9 Å². The maximum atomic E-state index is 12.7. The van der Waals surface area contributed by atoms with Gasteiger partial charge in [-0.2, -0.15) is 4.98 Å². The molecule has 0 aromatic carbocycles. The smallest absolute Gasteiger partial charge is 0.270 e. The molecule has 4 rings (SSSR count). The zero-order chi connectivity index (χ0) is 21.8. The predicted molar refractivity (Wildman–Crippen MR) is 120 cm³/mol. The number of rotatable bonds is 8. The van der Waals surface area contributed by atoms with Crippen LogP contribution in [0.2, 0.25) is 0 Å². The number of H-pyrrole nitrogens is 1. The molecule has 1 aliphatic heterocycles. The molecular weight excluding hydrogens is 416 g/mol. The Balaban J connectivity index is 1.25. The van der Waals surface area contributed by atoms with Crippen molar-refractivity contribution >= 4 is 32.7 Å². The molecule has 1 fully saturated rings. The molecule has 166 valence electrons. The SMILES string of the molecule is CC(C)N(CCNC(=O)C1CCN(c2nc3nc[nH]c(=O)c3s2)CC1)Cc1ccco1. The number of piperidine rings is 1. The highest BCUT2D eigenvalue weighted by Gasteiger charge is 2.27. The molecule has 1 saturated heterocycles. The summed E-state index contributed by atoms with van der Waals surface area (Å²) in [6.45, 7) is 7.90. The Labute approximate surface area is 184 Å². The Morgan fingerprint density at radius 3 is 2.90 bits per heavy atom. The first-order valence-electron chi connectivity index (χ1n) is 10.6. The molecule has 0 bridgehead atoms. The number of nitrogens with zero attached hydrogens (tertiary/aromatic N) is 4. The summed E-state index contributed by atoms with van der Waals surface area (Å²) in [7, 11) is 0. The molecule has 4 heterocycles. The molecule has 0 saturated carbocycles. The van der Waals surface area contributed by atoms with E-state index in [1.807, 2.05) is 12.1 Å². The Kier molecular flexibility index (Phi) is 6.67. The molecule has 10 heteroatoms. The van der Waals surface area contributed by atoms with E-state index < -0.39 is 0 Å². The molecule has 0 unspecified atom stereocenters. The van der Waals surface area contributed by atoms with Crippen LogP contribution >= 0.6 is 11.3 Å². The van der Waals surface area contributed by atoms with Crippen molar-refractivity contribution in [1.82, 2.24) is 25.2 Å². The second kappa shape index (κ2) is 9.61. The molecular formula is C21H28N6O3S. The van der Waals surface area contributed by atoms with Crippen LogP contribution in [0.1, 0.15) is 32.4 Å². The number of aromatic amines is 1. The van der Waals surface area contributed by atoms with Crippen LogP contribution in [0.5, 0.6) is 0 Å². The minimum absolute atomic E-state index is 0.00438. The standard InChI is InChI=1S/C21H28N6O3S/c1-14(2)27(12-16-4-3-11-30-16)10-7-22-19(28)15-5-8-26(9-6-15)21-25-18-17(31-21)20(29)24-13-23-18/h3-4,11,13-15H,5-10,12H2,1-2H3,(H,22,28)(H,23,24,29). The molecule has 0 radical (unpaired) electrons. The molecule has 1 amide bonds. The summed E-state index contributed by atoms with van der Waals surface area (Å²) in [5, 5.41) is 3.90. The van der Waals surface area contributed by atoms with Crippen LogP contribution in [0.3, 0.4) is 0 Å². The number of aromatic nitrogens is 3. The van der Waals surface area contributed by atoms with Gasteiger partial charge in [0.15, 0.2) is 10.8 Å². The first-order chi connectivity index (χ1) is 15.0. The van der Waals surface area contributed by atoms with Crippen LogP contribution < -0.4 is 15.8 Å². The molecule has 3 aromatic heterocycles. The first-order valence-corrected chi connectivity index (χ1v) is 11.5. The summed E-state index contributed by atoms with van der Waals surface area (Å²) in [6.07, 6.45) is 4.60. The molecule has 0 atom stereocenters. The van der Waals surface area contributed by atoms with E-state index in [9.17, 15) is 9.59 Å². The lowest BCUT2D eigenvalue weighted by atomic mass is 9.96. The van der Waals surface area contributed by atoms with E-state index in [-0.39, 0.29) is 17.4 Å². The van der Waals surface area contributed by atoms with Gasteiger partial charge in [0.1, 0.15) is 10.5 Å². The number of fused-ring (bicyclic) bond motifs is 1. The van der Waals surface area contributed by atoms with E-state index in [1.54, 1.807) is 6.26 Å². The number of carbonyl (C=O) groups is 1. The predicted octanol–water partition coefficient (Wildman–Crippen LogP) is 2.22. The van der Waals surface area contributed by atoms with Gasteiger partial charge in [-0.3, -0.25) is 14.5 Å². The van der Waals surface area contributed by atoms with E-state index in [4.69, 9.17) is 4.42 Å². The van der Waals surface area contributed by atoms with Gasteiger partial charge in [-0.15, -0.1) is 0 Å². The number of thiazole rings is 1. The van der Waals surface area contributed by atoms with Crippen LogP contribution in [0.25, 0.3) is 10.3 Å². The Morgan fingerprint density at radius 2 is 2.23 bits per heavy atom. The maximum absolute atomic E-state index is 12.7. The van der Waals surface area contributed by atoms with Crippen molar-refractivity contribution in [3.8, 4) is 0 Å². The van der Waals surface area contributed by atoms with Crippen molar-refractivity contribution in [2.24, 2.45) is 5.92 Å². The second-order valence-electron chi connectivity index (χ2n) is 8.08. The second-order valence-corrected chi connectivity index (χ2v) is 9.05. The van der Waals surface area contributed by atoms with Crippen LogP contribution in [-0.2, 0) is 11.3 Å². The van der Waals surface area contributed by atoms with Gasteiger partial charge >= 0.3 is 0 Å². The van der Waals surface area contributed by atoms with Gasteiger partial charge < -0.3 is 19.6 Å². The number of anilines is 1. The van der Waals surface area contributed by atoms with Crippen molar-refractivity contribution < 1.29 is 9.21 Å². The largest absolute Gasteiger partial charge is 0.468 e. The highest BCUT2D eigenvalue weighted by molar-refractivity contribution is 7.22. The van der Waals surface area contributed by atoms with Crippen molar-refractivity contribution in [2.75, 3.05) is 31.1 Å². The van der Waals surface area contributed by atoms with Crippen molar-refractivity contribution in [3.05, 3.63) is 40.8 Å². The van der Waals surface area contributed by atoms with Crippen LogP contribution in [0, 0.1) is 5.92 Å². The lowest BCUT2D eigenvalue weighted by molar-refractivity contribution is -0.125. The third-order valence-electron chi connectivity index (χ3n) is 5.69. The monoisotopic (exact) mass is 444 g/mol. The van der Waals surface area contributed by atoms with E-state index in [0.29, 0.717) is 22.9 Å². The molecule has 3 aromatic rings. The lowest BCUT2D eigenvalue weighted by Crippen LogP contribution is -2.43. The highest BCUT2D eigenvalue weighted by Crippen LogP contribution is 2.29. The fourth-order valence-electron chi connectivity index (χ4n) is 3.81. The van der Waals surface area contributed by atoms with Crippen LogP contribution in [0.15, 0.2) is 33.9 Å². The summed E-state index contributed by atoms with van der Waals surface area (Å²) in [6, 6.07) is 4.23. The van der Waals surface area contributed by atoms with E-state index in [2.05, 4.69) is 43.9 Å². The number of amides is 1. The third kappa shape index (κ3) is 5.13. The average molecular weight is 445 g/mol. The molecule has 31 heavy (non-hydrogen) atoms. The molecule has 0 spiro atoms. The summed E-state index contributed by atoms with van der Waals surface area (Å²) < 4.78 is 5.99. The normalized spacial score (nSPS) is 15.3. The van der Waals surface area contributed by atoms with Gasteiger partial charge in [0.05, 0.1) is 19.1 Å². The Bertz CT molecular complexity index is 1050. The Hall–Kier alpha value is -2.72. The molecule has 9 nitrogen and oxygen atoms in total. The summed E-state index contributed by atoms with van der Waals surface area (Å²) in [4.78, 5) is 40.2. The minimum atomic E-state index is -0.162. The topological polar surface area (TPSA) is 107 Å². The molecule has 1 aliphatic rings. The first kappa shape index (κ1) is 21.5. The quantitative estimate of drug-likeness (QED) is 0.548.